The quantitative estimate of drug-likeness (QED) is 0.815. The Morgan fingerprint density at radius 2 is 2.00 bits per heavy atom. The molecule has 0 aliphatic heterocycles. The summed E-state index contributed by atoms with van der Waals surface area (Å²) in [5.74, 6) is 0. The largest absolute Gasteiger partial charge is 0.240 e. The highest BCUT2D eigenvalue weighted by molar-refractivity contribution is 7.89. The number of nitrogens with two attached hydrogens (primary N) is 1. The molecule has 0 amide bonds. The van der Waals surface area contributed by atoms with Gasteiger partial charge in [0.15, 0.2) is 0 Å². The number of benzene rings is 1. The fraction of sp³-hybridized carbons (Fsp3) is 0. The van der Waals surface area contributed by atoms with Crippen LogP contribution in [0.4, 0.5) is 0 Å². The van der Waals surface area contributed by atoms with E-state index in [0.29, 0.717) is 5.39 Å². The summed E-state index contributed by atoms with van der Waals surface area (Å²) in [5, 5.41) is 14.4. The minimum atomic E-state index is -3.84. The van der Waals surface area contributed by atoms with Gasteiger partial charge < -0.3 is 0 Å². The lowest BCUT2D eigenvalue weighted by Gasteiger charge is -1.95. The molecule has 2 aromatic rings. The predicted octanol–water partition coefficient (Wildman–Crippen LogP) is 1.42. The maximum Gasteiger partial charge on any atom is 0.240 e. The third-order valence-corrected chi connectivity index (χ3v) is 4.13. The van der Waals surface area contributed by atoms with Crippen LogP contribution in [0.25, 0.3) is 10.1 Å². The summed E-state index contributed by atoms with van der Waals surface area (Å²) in [6.45, 7) is 0. The third kappa shape index (κ3) is 1.61. The molecule has 1 aromatic heterocycles. The summed E-state index contributed by atoms with van der Waals surface area (Å²) in [5.41, 5.74) is 0. The van der Waals surface area contributed by atoms with E-state index in [-0.39, 0.29) is 9.77 Å². The fourth-order valence-electron chi connectivity index (χ4n) is 1.38. The van der Waals surface area contributed by atoms with Crippen molar-refractivity contribution in [2.24, 2.45) is 5.14 Å². The number of hydrogen-bond donors (Lipinski definition) is 1. The van der Waals surface area contributed by atoms with Crippen molar-refractivity contribution < 1.29 is 8.42 Å². The normalized spacial score (nSPS) is 11.5. The Balaban J connectivity index is 2.99. The highest BCUT2D eigenvalue weighted by atomic mass is 32.2. The summed E-state index contributed by atoms with van der Waals surface area (Å²) in [6.07, 6.45) is 0. The number of primary sulfonamides is 1. The fourth-order valence-corrected chi connectivity index (χ4v) is 3.60. The van der Waals surface area contributed by atoms with Crippen molar-refractivity contribution in [2.75, 3.05) is 0 Å². The van der Waals surface area contributed by atoms with Gasteiger partial charge in [0.05, 0.1) is 0 Å². The topological polar surface area (TPSA) is 83.9 Å². The van der Waals surface area contributed by atoms with Crippen LogP contribution in [0.1, 0.15) is 4.88 Å². The molecule has 15 heavy (non-hydrogen) atoms. The Morgan fingerprint density at radius 3 is 2.60 bits per heavy atom. The first-order valence-electron chi connectivity index (χ1n) is 3.98. The molecule has 0 bridgehead atoms. The number of thiophene rings is 1. The SMILES string of the molecule is N#Cc1sc2ccccc2c1S(N)(=O)=O. The molecule has 2 rings (SSSR count). The average molecular weight is 238 g/mol. The summed E-state index contributed by atoms with van der Waals surface area (Å²) in [7, 11) is -3.84. The van der Waals surface area contributed by atoms with E-state index in [0.717, 1.165) is 16.0 Å². The maximum absolute atomic E-state index is 11.3. The van der Waals surface area contributed by atoms with Crippen molar-refractivity contribution in [3.63, 3.8) is 0 Å². The second-order valence-electron chi connectivity index (χ2n) is 2.91. The van der Waals surface area contributed by atoms with Gasteiger partial charge in [0.25, 0.3) is 0 Å². The van der Waals surface area contributed by atoms with Gasteiger partial charge in [0, 0.05) is 10.1 Å². The van der Waals surface area contributed by atoms with Gasteiger partial charge in [0.1, 0.15) is 15.8 Å². The second-order valence-corrected chi connectivity index (χ2v) is 5.46. The Kier molecular flexibility index (Phi) is 2.23. The van der Waals surface area contributed by atoms with E-state index in [2.05, 4.69) is 0 Å². The van der Waals surface area contributed by atoms with Crippen molar-refractivity contribution >= 4 is 31.4 Å². The predicted molar refractivity (Wildman–Crippen MR) is 57.9 cm³/mol. The summed E-state index contributed by atoms with van der Waals surface area (Å²) < 4.78 is 23.4. The third-order valence-electron chi connectivity index (χ3n) is 1.94. The lowest BCUT2D eigenvalue weighted by molar-refractivity contribution is 0.598. The van der Waals surface area contributed by atoms with Crippen LogP contribution in [0.3, 0.4) is 0 Å². The molecule has 1 heterocycles. The van der Waals surface area contributed by atoms with E-state index in [4.69, 9.17) is 10.4 Å². The lowest BCUT2D eigenvalue weighted by Crippen LogP contribution is -2.12. The molecular weight excluding hydrogens is 232 g/mol. The first-order valence-corrected chi connectivity index (χ1v) is 6.35. The molecule has 0 radical (unpaired) electrons. The lowest BCUT2D eigenvalue weighted by atomic mass is 10.2. The number of fused-ring (bicyclic) bond motifs is 1. The molecule has 4 nitrogen and oxygen atoms in total. The molecule has 0 atom stereocenters. The summed E-state index contributed by atoms with van der Waals surface area (Å²) >= 11 is 1.13. The van der Waals surface area contributed by atoms with Crippen LogP contribution < -0.4 is 5.14 Å². The Hall–Kier alpha value is -1.42. The minimum absolute atomic E-state index is 0.0643. The van der Waals surface area contributed by atoms with Crippen molar-refractivity contribution in [1.82, 2.24) is 0 Å². The number of nitriles is 1. The molecule has 0 aliphatic rings. The van der Waals surface area contributed by atoms with Crippen molar-refractivity contribution in [2.45, 2.75) is 4.90 Å². The zero-order valence-corrected chi connectivity index (χ0v) is 9.10. The number of nitrogens with zero attached hydrogens (tertiary/aromatic N) is 1. The van der Waals surface area contributed by atoms with Crippen LogP contribution in [-0.2, 0) is 10.0 Å². The molecule has 0 fully saturated rings. The zero-order chi connectivity index (χ0) is 11.1. The van der Waals surface area contributed by atoms with E-state index in [9.17, 15) is 8.42 Å². The van der Waals surface area contributed by atoms with E-state index < -0.39 is 10.0 Å². The molecule has 1 aromatic carbocycles. The summed E-state index contributed by atoms with van der Waals surface area (Å²) in [6, 6.07) is 8.75. The van der Waals surface area contributed by atoms with Crippen LogP contribution in [0.5, 0.6) is 0 Å². The molecule has 76 valence electrons. The van der Waals surface area contributed by atoms with Gasteiger partial charge in [0.2, 0.25) is 10.0 Å². The molecule has 0 saturated heterocycles. The van der Waals surface area contributed by atoms with Gasteiger partial charge in [-0.25, -0.2) is 13.6 Å². The highest BCUT2D eigenvalue weighted by Gasteiger charge is 2.20. The monoisotopic (exact) mass is 238 g/mol. The number of sulfonamides is 1. The van der Waals surface area contributed by atoms with Gasteiger partial charge in [-0.3, -0.25) is 0 Å². The first kappa shape index (κ1) is 10.1. The molecule has 6 heteroatoms. The van der Waals surface area contributed by atoms with Gasteiger partial charge in [-0.2, -0.15) is 5.26 Å². The van der Waals surface area contributed by atoms with Crippen LogP contribution in [0, 0.1) is 11.3 Å². The highest BCUT2D eigenvalue weighted by Crippen LogP contribution is 2.33. The van der Waals surface area contributed by atoms with Crippen LogP contribution >= 0.6 is 11.3 Å². The smallest absolute Gasteiger partial charge is 0.225 e. The van der Waals surface area contributed by atoms with Crippen LogP contribution in [-0.4, -0.2) is 8.42 Å². The first-order chi connectivity index (χ1) is 7.04. The number of hydrogen-bond acceptors (Lipinski definition) is 4. The molecule has 0 unspecified atom stereocenters. The number of rotatable bonds is 1. The van der Waals surface area contributed by atoms with E-state index >= 15 is 0 Å². The van der Waals surface area contributed by atoms with E-state index in [1.54, 1.807) is 24.3 Å². The van der Waals surface area contributed by atoms with Crippen molar-refractivity contribution in [1.29, 1.82) is 5.26 Å². The van der Waals surface area contributed by atoms with Gasteiger partial charge >= 0.3 is 0 Å². The molecule has 2 N–H and O–H groups in total. The Bertz CT molecular complexity index is 665. The maximum atomic E-state index is 11.3. The zero-order valence-electron chi connectivity index (χ0n) is 7.47. The molecule has 0 spiro atoms. The van der Waals surface area contributed by atoms with E-state index in [1.807, 2.05) is 6.07 Å². The standard InChI is InChI=1S/C9H6N2O2S2/c10-5-8-9(15(11,12)13)6-3-1-2-4-7(6)14-8/h1-4H,(H2,11,12,13). The van der Waals surface area contributed by atoms with E-state index in [1.165, 1.54) is 0 Å². The van der Waals surface area contributed by atoms with Crippen molar-refractivity contribution in [3.8, 4) is 6.07 Å². The van der Waals surface area contributed by atoms with Crippen molar-refractivity contribution in [3.05, 3.63) is 29.1 Å². The minimum Gasteiger partial charge on any atom is -0.225 e. The van der Waals surface area contributed by atoms with Crippen LogP contribution in [0.15, 0.2) is 29.2 Å². The molecule has 0 aliphatic carbocycles. The Labute approximate surface area is 90.6 Å². The van der Waals surface area contributed by atoms with Crippen LogP contribution in [0.2, 0.25) is 0 Å². The summed E-state index contributed by atoms with van der Waals surface area (Å²) in [4.78, 5) is 0.0734. The molecule has 0 saturated carbocycles. The van der Waals surface area contributed by atoms with Gasteiger partial charge in [-0.1, -0.05) is 18.2 Å². The van der Waals surface area contributed by atoms with Gasteiger partial charge in [-0.05, 0) is 6.07 Å². The Morgan fingerprint density at radius 1 is 1.33 bits per heavy atom. The average Bonchev–Trinajstić information content (AvgIpc) is 2.54. The second kappa shape index (κ2) is 3.31. The molecular formula is C9H6N2O2S2. The van der Waals surface area contributed by atoms with Gasteiger partial charge in [-0.15, -0.1) is 11.3 Å².